The fraction of sp³-hybridized carbons (Fsp3) is 0.800. The zero-order valence-electron chi connectivity index (χ0n) is 12.4. The zero-order chi connectivity index (χ0) is 13.4. The Kier molecular flexibility index (Phi) is 7.02. The molecule has 3 nitrogen and oxygen atoms in total. The molecule has 1 heterocycles. The molecule has 18 heavy (non-hydrogen) atoms. The predicted octanol–water partition coefficient (Wildman–Crippen LogP) is 3.25. The Bertz CT molecular complexity index is 319. The number of rotatable bonds is 9. The molecule has 0 amide bonds. The minimum absolute atomic E-state index is 0.563. The van der Waals surface area contributed by atoms with Gasteiger partial charge in [0, 0.05) is 31.4 Å². The Hall–Kier alpha value is -0.830. The van der Waals surface area contributed by atoms with Gasteiger partial charge in [-0.2, -0.15) is 0 Å². The third-order valence-electron chi connectivity index (χ3n) is 3.64. The molecule has 0 spiro atoms. The maximum Gasteiger partial charge on any atom is 0.110 e. The van der Waals surface area contributed by atoms with E-state index >= 15 is 0 Å². The van der Waals surface area contributed by atoms with Gasteiger partial charge in [0.25, 0.3) is 0 Å². The van der Waals surface area contributed by atoms with Gasteiger partial charge in [-0.15, -0.1) is 0 Å². The van der Waals surface area contributed by atoms with Crippen molar-refractivity contribution in [1.29, 1.82) is 0 Å². The fourth-order valence-electron chi connectivity index (χ4n) is 2.28. The van der Waals surface area contributed by atoms with Crippen LogP contribution in [0.3, 0.4) is 0 Å². The predicted molar refractivity (Wildman–Crippen MR) is 77.8 cm³/mol. The third kappa shape index (κ3) is 4.81. The monoisotopic (exact) mass is 251 g/mol. The van der Waals surface area contributed by atoms with Crippen LogP contribution in [0.5, 0.6) is 0 Å². The van der Waals surface area contributed by atoms with Crippen LogP contribution in [0, 0.1) is 5.92 Å². The van der Waals surface area contributed by atoms with Crippen LogP contribution < -0.4 is 5.32 Å². The molecule has 0 aliphatic carbocycles. The first kappa shape index (κ1) is 15.2. The molecular formula is C15H29N3. The average molecular weight is 251 g/mol. The van der Waals surface area contributed by atoms with Crippen molar-refractivity contribution in [2.24, 2.45) is 5.92 Å². The first-order valence-electron chi connectivity index (χ1n) is 7.44. The zero-order valence-corrected chi connectivity index (χ0v) is 12.4. The Morgan fingerprint density at radius 1 is 1.33 bits per heavy atom. The average Bonchev–Trinajstić information content (AvgIpc) is 2.82. The molecule has 1 aromatic rings. The normalized spacial score (nSPS) is 14.7. The van der Waals surface area contributed by atoms with Gasteiger partial charge < -0.3 is 9.88 Å². The van der Waals surface area contributed by atoms with Crippen molar-refractivity contribution in [2.45, 2.75) is 66.0 Å². The summed E-state index contributed by atoms with van der Waals surface area (Å²) in [5, 5.41) is 3.67. The molecule has 3 heteroatoms. The fourth-order valence-corrected chi connectivity index (χ4v) is 2.28. The van der Waals surface area contributed by atoms with Gasteiger partial charge in [0.05, 0.1) is 0 Å². The molecular weight excluding hydrogens is 222 g/mol. The summed E-state index contributed by atoms with van der Waals surface area (Å²) in [6.07, 6.45) is 8.73. The van der Waals surface area contributed by atoms with Gasteiger partial charge >= 0.3 is 0 Å². The molecule has 1 rings (SSSR count). The molecule has 0 bridgehead atoms. The summed E-state index contributed by atoms with van der Waals surface area (Å²) in [5.74, 6) is 2.00. The summed E-state index contributed by atoms with van der Waals surface area (Å²) in [7, 11) is 0. The second-order valence-corrected chi connectivity index (χ2v) is 5.23. The molecule has 1 aromatic heterocycles. The lowest BCUT2D eigenvalue weighted by Gasteiger charge is -2.21. The lowest BCUT2D eigenvalue weighted by molar-refractivity contribution is 0.384. The van der Waals surface area contributed by atoms with Crippen LogP contribution >= 0.6 is 0 Å². The molecule has 0 saturated carbocycles. The summed E-state index contributed by atoms with van der Waals surface area (Å²) in [5.41, 5.74) is 0. The number of hydrogen-bond acceptors (Lipinski definition) is 2. The van der Waals surface area contributed by atoms with Gasteiger partial charge in [-0.3, -0.25) is 0 Å². The van der Waals surface area contributed by atoms with Crippen LogP contribution in [0.15, 0.2) is 12.4 Å². The van der Waals surface area contributed by atoms with Crippen molar-refractivity contribution in [1.82, 2.24) is 14.9 Å². The number of hydrogen-bond donors (Lipinski definition) is 1. The van der Waals surface area contributed by atoms with Crippen molar-refractivity contribution < 1.29 is 0 Å². The van der Waals surface area contributed by atoms with E-state index in [1.54, 1.807) is 0 Å². The van der Waals surface area contributed by atoms with Crippen LogP contribution in [0.25, 0.3) is 0 Å². The lowest BCUT2D eigenvalue weighted by Crippen LogP contribution is -2.34. The highest BCUT2D eigenvalue weighted by atomic mass is 15.1. The summed E-state index contributed by atoms with van der Waals surface area (Å²) in [6.45, 7) is 11.1. The quantitative estimate of drug-likeness (QED) is 0.730. The largest absolute Gasteiger partial charge is 0.335 e. The van der Waals surface area contributed by atoms with Gasteiger partial charge in [-0.05, 0) is 32.2 Å². The highest BCUT2D eigenvalue weighted by Crippen LogP contribution is 2.13. The second kappa shape index (κ2) is 8.30. The van der Waals surface area contributed by atoms with Crippen molar-refractivity contribution in [3.05, 3.63) is 18.2 Å². The molecule has 0 fully saturated rings. The molecule has 0 aromatic carbocycles. The molecule has 0 aliphatic rings. The summed E-state index contributed by atoms with van der Waals surface area (Å²) in [4.78, 5) is 4.49. The van der Waals surface area contributed by atoms with Crippen LogP contribution in [-0.2, 0) is 13.0 Å². The second-order valence-electron chi connectivity index (χ2n) is 5.23. The smallest absolute Gasteiger partial charge is 0.110 e. The highest BCUT2D eigenvalue weighted by Gasteiger charge is 2.14. The molecule has 0 saturated heterocycles. The molecule has 0 radical (unpaired) electrons. The van der Waals surface area contributed by atoms with Crippen LogP contribution in [0.4, 0.5) is 0 Å². The minimum Gasteiger partial charge on any atom is -0.335 e. The maximum absolute atomic E-state index is 4.49. The van der Waals surface area contributed by atoms with Gasteiger partial charge in [0.1, 0.15) is 5.82 Å². The molecule has 2 atom stereocenters. The lowest BCUT2D eigenvalue weighted by atomic mass is 9.97. The molecule has 1 N–H and O–H groups in total. The molecule has 2 unspecified atom stereocenters. The van der Waals surface area contributed by atoms with E-state index in [1.807, 2.05) is 6.20 Å². The Morgan fingerprint density at radius 3 is 2.72 bits per heavy atom. The van der Waals surface area contributed by atoms with E-state index in [9.17, 15) is 0 Å². The van der Waals surface area contributed by atoms with E-state index in [-0.39, 0.29) is 0 Å². The Morgan fingerprint density at radius 2 is 2.11 bits per heavy atom. The van der Waals surface area contributed by atoms with Gasteiger partial charge in [-0.25, -0.2) is 4.98 Å². The van der Waals surface area contributed by atoms with E-state index in [2.05, 4.69) is 48.8 Å². The number of imidazole rings is 1. The van der Waals surface area contributed by atoms with Crippen molar-refractivity contribution >= 4 is 0 Å². The van der Waals surface area contributed by atoms with Gasteiger partial charge in [0.2, 0.25) is 0 Å². The van der Waals surface area contributed by atoms with E-state index in [0.717, 1.165) is 25.4 Å². The van der Waals surface area contributed by atoms with Crippen molar-refractivity contribution in [3.8, 4) is 0 Å². The molecule has 0 aliphatic heterocycles. The standard InChI is InChI=1S/C15H29N3/c1-5-8-16-14(11-13(4)6-2)12-15-17-9-10-18(15)7-3/h9-10,13-14,16H,5-8,11-12H2,1-4H3. The topological polar surface area (TPSA) is 29.9 Å². The third-order valence-corrected chi connectivity index (χ3v) is 3.64. The van der Waals surface area contributed by atoms with Crippen molar-refractivity contribution in [2.75, 3.05) is 6.54 Å². The van der Waals surface area contributed by atoms with E-state index < -0.39 is 0 Å². The molecule has 104 valence electrons. The number of aromatic nitrogens is 2. The van der Waals surface area contributed by atoms with Gasteiger partial charge in [-0.1, -0.05) is 27.2 Å². The Balaban J connectivity index is 2.59. The van der Waals surface area contributed by atoms with Crippen LogP contribution in [-0.4, -0.2) is 22.1 Å². The Labute approximate surface area is 112 Å². The van der Waals surface area contributed by atoms with Crippen LogP contribution in [0.1, 0.15) is 52.8 Å². The maximum atomic E-state index is 4.49. The first-order valence-corrected chi connectivity index (χ1v) is 7.44. The first-order chi connectivity index (χ1) is 8.71. The number of nitrogens with one attached hydrogen (secondary N) is 1. The van der Waals surface area contributed by atoms with E-state index in [0.29, 0.717) is 6.04 Å². The van der Waals surface area contributed by atoms with Crippen LogP contribution in [0.2, 0.25) is 0 Å². The number of nitrogens with zero attached hydrogens (tertiary/aromatic N) is 2. The number of aryl methyl sites for hydroxylation is 1. The van der Waals surface area contributed by atoms with Gasteiger partial charge in [0.15, 0.2) is 0 Å². The van der Waals surface area contributed by atoms with E-state index in [1.165, 1.54) is 25.1 Å². The summed E-state index contributed by atoms with van der Waals surface area (Å²) in [6, 6.07) is 0.563. The minimum atomic E-state index is 0.563. The summed E-state index contributed by atoms with van der Waals surface area (Å²) >= 11 is 0. The SMILES string of the molecule is CCCNC(Cc1nccn1CC)CC(C)CC. The van der Waals surface area contributed by atoms with Crippen molar-refractivity contribution in [3.63, 3.8) is 0 Å². The highest BCUT2D eigenvalue weighted by molar-refractivity contribution is 4.95. The summed E-state index contributed by atoms with van der Waals surface area (Å²) < 4.78 is 2.25. The van der Waals surface area contributed by atoms with E-state index in [4.69, 9.17) is 0 Å².